The van der Waals surface area contributed by atoms with Crippen LogP contribution in [0.1, 0.15) is 39.9 Å². The Kier molecular flexibility index (Phi) is 3.40. The number of imide groups is 2. The van der Waals surface area contributed by atoms with Gasteiger partial charge in [0.2, 0.25) is 0 Å². The number of hydrogen-bond donors (Lipinski definition) is 2. The van der Waals surface area contributed by atoms with E-state index in [0.29, 0.717) is 40.7 Å². The lowest BCUT2D eigenvalue weighted by Gasteiger charge is -2.23. The molecule has 2 heterocycles. The minimum Gasteiger partial charge on any atom is -0.288 e. The lowest BCUT2D eigenvalue weighted by molar-refractivity contribution is -0.126. The summed E-state index contributed by atoms with van der Waals surface area (Å²) in [6, 6.07) is 3.70. The van der Waals surface area contributed by atoms with Crippen molar-refractivity contribution >= 4 is 58.2 Å². The van der Waals surface area contributed by atoms with Gasteiger partial charge in [-0.3, -0.25) is 29.8 Å². The normalized spacial score (nSPS) is 22.5. The summed E-state index contributed by atoms with van der Waals surface area (Å²) in [7, 11) is 0. The highest BCUT2D eigenvalue weighted by Crippen LogP contribution is 2.37. The number of hydrogen-bond acceptors (Lipinski definition) is 4. The molecule has 7 rings (SSSR count). The van der Waals surface area contributed by atoms with Crippen LogP contribution in [0.2, 0.25) is 0 Å². The summed E-state index contributed by atoms with van der Waals surface area (Å²) in [5.41, 5.74) is 5.38. The maximum atomic E-state index is 12.8. The number of nitrogens with one attached hydrogen (secondary N) is 2. The predicted molar refractivity (Wildman–Crippen MR) is 123 cm³/mol. The van der Waals surface area contributed by atoms with E-state index >= 15 is 0 Å². The molecule has 5 aliphatic rings. The number of carbonyl (C=O) groups is 4. The van der Waals surface area contributed by atoms with Crippen LogP contribution in [0.25, 0.3) is 34.6 Å². The Balaban J connectivity index is 1.73. The molecule has 6 nitrogen and oxygen atoms in total. The fourth-order valence-corrected chi connectivity index (χ4v) is 5.68. The molecular formula is C27H16N2O4. The number of benzene rings is 2. The molecule has 158 valence electrons. The number of allylic oxidation sites excluding steroid dienone is 2. The Morgan fingerprint density at radius 2 is 1.52 bits per heavy atom. The molecule has 3 aliphatic carbocycles. The van der Waals surface area contributed by atoms with Gasteiger partial charge in [0.15, 0.2) is 0 Å². The van der Waals surface area contributed by atoms with E-state index in [1.54, 1.807) is 18.2 Å². The summed E-state index contributed by atoms with van der Waals surface area (Å²) in [6.07, 6.45) is 13.4. The van der Waals surface area contributed by atoms with E-state index < -0.39 is 11.8 Å². The fourth-order valence-electron chi connectivity index (χ4n) is 5.68. The molecular weight excluding hydrogens is 416 g/mol. The van der Waals surface area contributed by atoms with Gasteiger partial charge in [0.05, 0.1) is 0 Å². The Labute approximate surface area is 187 Å². The average molecular weight is 432 g/mol. The third kappa shape index (κ3) is 2.27. The zero-order chi connectivity index (χ0) is 22.4. The van der Waals surface area contributed by atoms with Crippen molar-refractivity contribution in [2.24, 2.45) is 0 Å². The van der Waals surface area contributed by atoms with Gasteiger partial charge in [-0.25, -0.2) is 0 Å². The van der Waals surface area contributed by atoms with Crippen LogP contribution >= 0.6 is 0 Å². The molecule has 0 atom stereocenters. The molecule has 0 unspecified atom stereocenters. The summed E-state index contributed by atoms with van der Waals surface area (Å²) in [6.45, 7) is 0. The monoisotopic (exact) mass is 432 g/mol. The number of rotatable bonds is 0. The number of carbonyl (C=O) groups excluding carboxylic acids is 4. The number of amides is 4. The second-order valence-electron chi connectivity index (χ2n) is 8.75. The van der Waals surface area contributed by atoms with E-state index in [-0.39, 0.29) is 11.8 Å². The van der Waals surface area contributed by atoms with E-state index in [1.807, 2.05) is 24.3 Å². The molecule has 0 spiro atoms. The van der Waals surface area contributed by atoms with Crippen molar-refractivity contribution in [1.82, 2.24) is 10.6 Å². The van der Waals surface area contributed by atoms with Crippen molar-refractivity contribution in [1.29, 1.82) is 0 Å². The van der Waals surface area contributed by atoms with Gasteiger partial charge in [-0.05, 0) is 69.0 Å². The minimum atomic E-state index is -0.397. The Hall–Kier alpha value is -4.32. The average Bonchev–Trinajstić information content (AvgIpc) is 3.09. The van der Waals surface area contributed by atoms with Crippen LogP contribution in [-0.2, 0) is 20.8 Å². The van der Waals surface area contributed by atoms with Gasteiger partial charge >= 0.3 is 0 Å². The minimum absolute atomic E-state index is 0.377. The molecule has 0 radical (unpaired) electrons. The van der Waals surface area contributed by atoms with Gasteiger partial charge < -0.3 is 0 Å². The van der Waals surface area contributed by atoms with Crippen molar-refractivity contribution in [2.45, 2.75) is 19.3 Å². The second-order valence-corrected chi connectivity index (χ2v) is 8.75. The van der Waals surface area contributed by atoms with Crippen LogP contribution in [0.3, 0.4) is 0 Å². The van der Waals surface area contributed by atoms with Crippen LogP contribution < -0.4 is 21.1 Å². The van der Waals surface area contributed by atoms with Crippen LogP contribution in [0.5, 0.6) is 0 Å². The first-order valence-electron chi connectivity index (χ1n) is 10.9. The predicted octanol–water partition coefficient (Wildman–Crippen LogP) is 1.31. The maximum Gasteiger partial charge on any atom is 0.258 e. The van der Waals surface area contributed by atoms with E-state index in [4.69, 9.17) is 0 Å². The second kappa shape index (κ2) is 6.13. The molecule has 2 aliphatic heterocycles. The van der Waals surface area contributed by atoms with Crippen molar-refractivity contribution in [3.63, 3.8) is 0 Å². The largest absolute Gasteiger partial charge is 0.288 e. The lowest BCUT2D eigenvalue weighted by Crippen LogP contribution is -2.39. The van der Waals surface area contributed by atoms with E-state index in [2.05, 4.69) is 16.7 Å². The van der Waals surface area contributed by atoms with Gasteiger partial charge in [0, 0.05) is 34.3 Å². The molecule has 2 aromatic carbocycles. The van der Waals surface area contributed by atoms with Gasteiger partial charge in [-0.2, -0.15) is 0 Å². The zero-order valence-corrected chi connectivity index (χ0v) is 17.4. The molecule has 33 heavy (non-hydrogen) atoms. The molecule has 0 saturated heterocycles. The quantitative estimate of drug-likeness (QED) is 0.614. The van der Waals surface area contributed by atoms with Crippen molar-refractivity contribution in [3.05, 3.63) is 79.8 Å². The van der Waals surface area contributed by atoms with E-state index in [1.165, 1.54) is 0 Å². The van der Waals surface area contributed by atoms with Crippen molar-refractivity contribution in [2.75, 3.05) is 0 Å². The molecule has 2 aromatic rings. The molecule has 4 amide bonds. The smallest absolute Gasteiger partial charge is 0.258 e. The molecule has 6 heteroatoms. The summed E-state index contributed by atoms with van der Waals surface area (Å²) < 4.78 is 0. The van der Waals surface area contributed by atoms with Gasteiger partial charge in [-0.15, -0.1) is 0 Å². The summed E-state index contributed by atoms with van der Waals surface area (Å²) >= 11 is 0. The maximum absolute atomic E-state index is 12.8. The summed E-state index contributed by atoms with van der Waals surface area (Å²) in [5, 5.41) is 8.62. The first-order chi connectivity index (χ1) is 16.0. The first kappa shape index (κ1) is 18.3. The molecule has 0 fully saturated rings. The van der Waals surface area contributed by atoms with Crippen LogP contribution in [0.4, 0.5) is 0 Å². The molecule has 2 bridgehead atoms. The Morgan fingerprint density at radius 1 is 0.727 bits per heavy atom. The fraction of sp³-hybridized carbons (Fsp3) is 0.111. The van der Waals surface area contributed by atoms with Crippen molar-refractivity contribution in [3.8, 4) is 0 Å². The third-order valence-corrected chi connectivity index (χ3v) is 7.11. The van der Waals surface area contributed by atoms with Crippen molar-refractivity contribution < 1.29 is 19.2 Å². The molecule has 0 aromatic heterocycles. The van der Waals surface area contributed by atoms with Gasteiger partial charge in [0.25, 0.3) is 23.6 Å². The summed E-state index contributed by atoms with van der Waals surface area (Å²) in [5.74, 6) is -1.55. The van der Waals surface area contributed by atoms with Gasteiger partial charge in [0.1, 0.15) is 0 Å². The van der Waals surface area contributed by atoms with Crippen LogP contribution in [0, 0.1) is 0 Å². The van der Waals surface area contributed by atoms with Crippen LogP contribution in [-0.4, -0.2) is 23.6 Å². The standard InChI is InChI=1S/C27H16N2O4/c30-24-16-8-5-12-14-3-1-2-4-18-23-19(27(33)29-26(18)32)10-7-15(22(14)23)13-6-9-17(25(31)28-24)21(16)11-20(12)13/h3-10H,1-2,11H2,(H,28,30,31)(H,29,32,33)/b14-3-,18-4+. The highest BCUT2D eigenvalue weighted by Gasteiger charge is 2.34. The molecule has 2 N–H and O–H groups in total. The Morgan fingerprint density at radius 3 is 2.39 bits per heavy atom. The van der Waals surface area contributed by atoms with E-state index in [9.17, 15) is 19.2 Å². The third-order valence-electron chi connectivity index (χ3n) is 7.11. The lowest BCUT2D eigenvalue weighted by atomic mass is 9.82. The Bertz CT molecular complexity index is 1700. The SMILES string of the molecule is O=C1NC(=O)C2=C3Cc4c(c5ccc6c7c5/c(c4=CC=C13)=C\CC/C=C\7C(=O)NC6=O)C=C2. The number of fused-ring (bicyclic) bond motifs is 2. The van der Waals surface area contributed by atoms with Gasteiger partial charge in [-0.1, -0.05) is 30.4 Å². The highest BCUT2D eigenvalue weighted by atomic mass is 16.2. The van der Waals surface area contributed by atoms with E-state index in [0.717, 1.165) is 44.3 Å². The molecule has 0 saturated carbocycles. The van der Waals surface area contributed by atoms with Crippen LogP contribution in [0.15, 0.2) is 47.1 Å². The highest BCUT2D eigenvalue weighted by molar-refractivity contribution is 6.34. The first-order valence-corrected chi connectivity index (χ1v) is 10.9. The zero-order valence-electron chi connectivity index (χ0n) is 17.4. The topological polar surface area (TPSA) is 92.3 Å². The summed E-state index contributed by atoms with van der Waals surface area (Å²) in [4.78, 5) is 50.7.